The normalized spacial score (nSPS) is 31.1. The van der Waals surface area contributed by atoms with Gasteiger partial charge in [-0.25, -0.2) is 0 Å². The van der Waals surface area contributed by atoms with Gasteiger partial charge in [0.15, 0.2) is 0 Å². The van der Waals surface area contributed by atoms with E-state index in [9.17, 15) is 18.0 Å². The van der Waals surface area contributed by atoms with Crippen LogP contribution in [0, 0.1) is 0 Å². The van der Waals surface area contributed by atoms with Crippen molar-refractivity contribution >= 4 is 5.91 Å². The van der Waals surface area contributed by atoms with Crippen LogP contribution >= 0.6 is 0 Å². The van der Waals surface area contributed by atoms with Crippen LogP contribution in [0.1, 0.15) is 25.7 Å². The SMILES string of the molecule is O=C(N1CCCC1C1CCCN1)C(F)(F)F. The van der Waals surface area contributed by atoms with Gasteiger partial charge < -0.3 is 10.2 Å². The van der Waals surface area contributed by atoms with Crippen LogP contribution in [-0.2, 0) is 4.79 Å². The van der Waals surface area contributed by atoms with Crippen LogP contribution in [0.25, 0.3) is 0 Å². The first-order chi connectivity index (χ1) is 7.50. The van der Waals surface area contributed by atoms with Crippen molar-refractivity contribution in [1.29, 1.82) is 0 Å². The molecule has 0 saturated carbocycles. The maximum atomic E-state index is 12.3. The van der Waals surface area contributed by atoms with E-state index >= 15 is 0 Å². The molecule has 1 N–H and O–H groups in total. The van der Waals surface area contributed by atoms with E-state index in [0.717, 1.165) is 24.3 Å². The van der Waals surface area contributed by atoms with Gasteiger partial charge >= 0.3 is 12.1 Å². The van der Waals surface area contributed by atoms with Gasteiger partial charge in [-0.2, -0.15) is 13.2 Å². The average Bonchev–Trinajstić information content (AvgIpc) is 2.85. The van der Waals surface area contributed by atoms with E-state index in [-0.39, 0.29) is 18.6 Å². The average molecular weight is 236 g/mol. The topological polar surface area (TPSA) is 32.3 Å². The molecule has 2 fully saturated rings. The summed E-state index contributed by atoms with van der Waals surface area (Å²) in [6, 6.07) is -0.217. The highest BCUT2D eigenvalue weighted by Gasteiger charge is 2.47. The first-order valence-corrected chi connectivity index (χ1v) is 5.61. The Kier molecular flexibility index (Phi) is 3.10. The van der Waals surface area contributed by atoms with E-state index in [1.54, 1.807) is 0 Å². The van der Waals surface area contributed by atoms with Crippen molar-refractivity contribution in [3.8, 4) is 0 Å². The molecule has 0 radical (unpaired) electrons. The fourth-order valence-corrected chi connectivity index (χ4v) is 2.67. The lowest BCUT2D eigenvalue weighted by molar-refractivity contribution is -0.186. The minimum Gasteiger partial charge on any atom is -0.330 e. The molecule has 0 spiro atoms. The van der Waals surface area contributed by atoms with Crippen molar-refractivity contribution in [2.24, 2.45) is 0 Å². The largest absolute Gasteiger partial charge is 0.471 e. The molecule has 0 aromatic rings. The van der Waals surface area contributed by atoms with Gasteiger partial charge in [-0.15, -0.1) is 0 Å². The maximum absolute atomic E-state index is 12.3. The molecular formula is C10H15F3N2O. The highest BCUT2D eigenvalue weighted by molar-refractivity contribution is 5.82. The monoisotopic (exact) mass is 236 g/mol. The van der Waals surface area contributed by atoms with Crippen molar-refractivity contribution in [3.05, 3.63) is 0 Å². The smallest absolute Gasteiger partial charge is 0.330 e. The van der Waals surface area contributed by atoms with Crippen LogP contribution in [-0.4, -0.2) is 42.2 Å². The first kappa shape index (κ1) is 11.7. The summed E-state index contributed by atoms with van der Waals surface area (Å²) < 4.78 is 37.0. The maximum Gasteiger partial charge on any atom is 0.471 e. The molecule has 2 aliphatic heterocycles. The van der Waals surface area contributed by atoms with E-state index < -0.39 is 12.1 Å². The number of amides is 1. The zero-order valence-corrected chi connectivity index (χ0v) is 8.89. The number of carbonyl (C=O) groups is 1. The summed E-state index contributed by atoms with van der Waals surface area (Å²) in [6.07, 6.45) is -1.53. The van der Waals surface area contributed by atoms with Crippen molar-refractivity contribution in [2.75, 3.05) is 13.1 Å². The van der Waals surface area contributed by atoms with Gasteiger partial charge in [0.25, 0.3) is 0 Å². The van der Waals surface area contributed by atoms with E-state index in [1.165, 1.54) is 0 Å². The predicted octanol–water partition coefficient (Wildman–Crippen LogP) is 1.29. The van der Waals surface area contributed by atoms with Crippen LogP contribution in [0.2, 0.25) is 0 Å². The van der Waals surface area contributed by atoms with Crippen LogP contribution < -0.4 is 5.32 Å². The van der Waals surface area contributed by atoms with Crippen LogP contribution in [0.5, 0.6) is 0 Å². The number of carbonyl (C=O) groups excluding carboxylic acids is 1. The summed E-state index contributed by atoms with van der Waals surface area (Å²) >= 11 is 0. The molecule has 2 atom stereocenters. The highest BCUT2D eigenvalue weighted by Crippen LogP contribution is 2.29. The number of nitrogens with one attached hydrogen (secondary N) is 1. The standard InChI is InChI=1S/C10H15F3N2O/c11-10(12,13)9(16)15-6-2-4-8(15)7-3-1-5-14-7/h7-8,14H,1-6H2. The second-order valence-corrected chi connectivity index (χ2v) is 4.41. The van der Waals surface area contributed by atoms with Gasteiger partial charge in [0.1, 0.15) is 0 Å². The van der Waals surface area contributed by atoms with Gasteiger partial charge in [-0.05, 0) is 32.2 Å². The Morgan fingerprint density at radius 3 is 2.56 bits per heavy atom. The molecular weight excluding hydrogens is 221 g/mol. The summed E-state index contributed by atoms with van der Waals surface area (Å²) in [5.41, 5.74) is 0. The number of alkyl halides is 3. The Labute approximate surface area is 92.0 Å². The molecule has 92 valence electrons. The fourth-order valence-electron chi connectivity index (χ4n) is 2.67. The quantitative estimate of drug-likeness (QED) is 0.744. The molecule has 2 heterocycles. The summed E-state index contributed by atoms with van der Waals surface area (Å²) in [7, 11) is 0. The lowest BCUT2D eigenvalue weighted by Crippen LogP contribution is -2.50. The number of nitrogens with zero attached hydrogens (tertiary/aromatic N) is 1. The minimum absolute atomic E-state index is 0.0498. The summed E-state index contributed by atoms with van der Waals surface area (Å²) in [4.78, 5) is 12.2. The number of halogens is 3. The van der Waals surface area contributed by atoms with E-state index in [1.807, 2.05) is 0 Å². The van der Waals surface area contributed by atoms with Crippen molar-refractivity contribution in [2.45, 2.75) is 43.9 Å². The number of hydrogen-bond acceptors (Lipinski definition) is 2. The summed E-state index contributed by atoms with van der Waals surface area (Å²) in [6.45, 7) is 1.08. The molecule has 0 aromatic heterocycles. The second-order valence-electron chi connectivity index (χ2n) is 4.41. The molecule has 0 aromatic carbocycles. The number of hydrogen-bond donors (Lipinski definition) is 1. The Hall–Kier alpha value is -0.780. The third-order valence-electron chi connectivity index (χ3n) is 3.37. The van der Waals surface area contributed by atoms with Gasteiger partial charge in [0.2, 0.25) is 0 Å². The van der Waals surface area contributed by atoms with Crippen molar-refractivity contribution < 1.29 is 18.0 Å². The molecule has 1 amide bonds. The summed E-state index contributed by atoms with van der Waals surface area (Å²) in [5.74, 6) is -1.68. The molecule has 16 heavy (non-hydrogen) atoms. The van der Waals surface area contributed by atoms with Gasteiger partial charge in [-0.3, -0.25) is 4.79 Å². The molecule has 0 aliphatic carbocycles. The second kappa shape index (κ2) is 4.24. The van der Waals surface area contributed by atoms with E-state index in [2.05, 4.69) is 5.32 Å². The number of likely N-dealkylation sites (tertiary alicyclic amines) is 1. The zero-order chi connectivity index (χ0) is 11.8. The lowest BCUT2D eigenvalue weighted by atomic mass is 10.0. The first-order valence-electron chi connectivity index (χ1n) is 5.61. The third-order valence-corrected chi connectivity index (χ3v) is 3.37. The Morgan fingerprint density at radius 1 is 1.25 bits per heavy atom. The van der Waals surface area contributed by atoms with Crippen molar-refractivity contribution in [1.82, 2.24) is 10.2 Å². The molecule has 3 nitrogen and oxygen atoms in total. The molecule has 6 heteroatoms. The van der Waals surface area contributed by atoms with E-state index in [4.69, 9.17) is 0 Å². The van der Waals surface area contributed by atoms with Crippen LogP contribution in [0.15, 0.2) is 0 Å². The zero-order valence-electron chi connectivity index (χ0n) is 8.89. The Bertz CT molecular complexity index is 274. The summed E-state index contributed by atoms with van der Waals surface area (Å²) in [5, 5.41) is 3.17. The molecule has 2 aliphatic rings. The molecule has 2 rings (SSSR count). The third kappa shape index (κ3) is 2.16. The predicted molar refractivity (Wildman–Crippen MR) is 51.8 cm³/mol. The van der Waals surface area contributed by atoms with E-state index in [0.29, 0.717) is 12.8 Å². The minimum atomic E-state index is -4.73. The number of rotatable bonds is 1. The molecule has 0 bridgehead atoms. The van der Waals surface area contributed by atoms with Gasteiger partial charge in [0.05, 0.1) is 0 Å². The lowest BCUT2D eigenvalue weighted by Gasteiger charge is -2.30. The highest BCUT2D eigenvalue weighted by atomic mass is 19.4. The molecule has 2 saturated heterocycles. The van der Waals surface area contributed by atoms with Crippen LogP contribution in [0.3, 0.4) is 0 Å². The van der Waals surface area contributed by atoms with Gasteiger partial charge in [0, 0.05) is 18.6 Å². The Balaban J connectivity index is 2.05. The molecule has 2 unspecified atom stereocenters. The van der Waals surface area contributed by atoms with Gasteiger partial charge in [-0.1, -0.05) is 0 Å². The Morgan fingerprint density at radius 2 is 2.00 bits per heavy atom. The van der Waals surface area contributed by atoms with Crippen LogP contribution in [0.4, 0.5) is 13.2 Å². The van der Waals surface area contributed by atoms with Crippen molar-refractivity contribution in [3.63, 3.8) is 0 Å². The fraction of sp³-hybridized carbons (Fsp3) is 0.900.